The fraction of sp³-hybridized carbons (Fsp3) is 0.750. The van der Waals surface area contributed by atoms with Gasteiger partial charge in [0.1, 0.15) is 11.6 Å². The molecule has 3 fully saturated rings. The van der Waals surface area contributed by atoms with Gasteiger partial charge in [-0.1, -0.05) is 6.42 Å². The van der Waals surface area contributed by atoms with Crippen LogP contribution < -0.4 is 5.32 Å². The van der Waals surface area contributed by atoms with Crippen LogP contribution in [0.2, 0.25) is 0 Å². The first-order valence-electron chi connectivity index (χ1n) is 10.9. The highest BCUT2D eigenvalue weighted by Crippen LogP contribution is 2.32. The Bertz CT molecular complexity index is 879. The number of aromatic nitrogens is 2. The maximum atomic E-state index is 12.9. The molecule has 10 heteroatoms. The molecule has 1 amide bonds. The molecule has 4 heterocycles. The van der Waals surface area contributed by atoms with Crippen molar-refractivity contribution in [3.63, 3.8) is 0 Å². The van der Waals surface area contributed by atoms with E-state index in [1.807, 2.05) is 20.2 Å². The molecule has 0 aliphatic carbocycles. The molecule has 4 rings (SSSR count). The van der Waals surface area contributed by atoms with Crippen LogP contribution in [0.25, 0.3) is 0 Å². The summed E-state index contributed by atoms with van der Waals surface area (Å²) in [6.07, 6.45) is 4.90. The minimum absolute atomic E-state index is 0.0796. The number of nitrogens with zero attached hydrogens (tertiary/aromatic N) is 5. The Morgan fingerprint density at radius 3 is 2.27 bits per heavy atom. The Morgan fingerprint density at radius 1 is 1.00 bits per heavy atom. The van der Waals surface area contributed by atoms with Crippen LogP contribution in [0.4, 0.5) is 5.82 Å². The van der Waals surface area contributed by atoms with Crippen molar-refractivity contribution in [2.45, 2.75) is 50.4 Å². The van der Waals surface area contributed by atoms with Gasteiger partial charge in [0.15, 0.2) is 0 Å². The summed E-state index contributed by atoms with van der Waals surface area (Å²) in [5, 5.41) is 3.11. The lowest BCUT2D eigenvalue weighted by atomic mass is 9.96. The van der Waals surface area contributed by atoms with Crippen molar-refractivity contribution < 1.29 is 13.2 Å². The summed E-state index contributed by atoms with van der Waals surface area (Å²) in [5.74, 6) is 1.85. The first-order valence-corrected chi connectivity index (χ1v) is 12.3. The van der Waals surface area contributed by atoms with Crippen molar-refractivity contribution in [1.29, 1.82) is 0 Å². The van der Waals surface area contributed by atoms with E-state index >= 15 is 0 Å². The largest absolute Gasteiger partial charge is 0.373 e. The van der Waals surface area contributed by atoms with Crippen molar-refractivity contribution in [1.82, 2.24) is 23.5 Å². The van der Waals surface area contributed by atoms with Gasteiger partial charge < -0.3 is 10.2 Å². The summed E-state index contributed by atoms with van der Waals surface area (Å²) in [6.45, 7) is 2.93. The molecule has 9 nitrogen and oxygen atoms in total. The number of carbonyl (C=O) groups excluding carboxylic acids is 1. The number of piperidine rings is 2. The van der Waals surface area contributed by atoms with Gasteiger partial charge in [0.25, 0.3) is 10.2 Å². The Morgan fingerprint density at radius 2 is 1.67 bits per heavy atom. The molecular weight excluding hydrogens is 404 g/mol. The molecule has 3 aliphatic rings. The molecule has 0 aromatic carbocycles. The number of hydrogen-bond donors (Lipinski definition) is 1. The van der Waals surface area contributed by atoms with E-state index in [2.05, 4.69) is 10.3 Å². The smallest absolute Gasteiger partial charge is 0.281 e. The van der Waals surface area contributed by atoms with Gasteiger partial charge in [0.2, 0.25) is 5.91 Å². The molecule has 1 atom stereocenters. The molecule has 0 spiro atoms. The molecule has 0 bridgehead atoms. The summed E-state index contributed by atoms with van der Waals surface area (Å²) in [7, 11) is 0.284. The molecule has 166 valence electrons. The molecule has 1 aromatic heterocycles. The van der Waals surface area contributed by atoms with Crippen LogP contribution >= 0.6 is 0 Å². The highest BCUT2D eigenvalue weighted by molar-refractivity contribution is 7.86. The van der Waals surface area contributed by atoms with E-state index in [1.54, 1.807) is 13.5 Å². The monoisotopic (exact) mass is 436 g/mol. The summed E-state index contributed by atoms with van der Waals surface area (Å²) in [6, 6.07) is 1.93. The first kappa shape index (κ1) is 21.5. The van der Waals surface area contributed by atoms with Crippen LogP contribution in [0.5, 0.6) is 0 Å². The van der Waals surface area contributed by atoms with Crippen molar-refractivity contribution in [3.8, 4) is 0 Å². The number of anilines is 1. The fourth-order valence-electron chi connectivity index (χ4n) is 4.67. The van der Waals surface area contributed by atoms with Crippen LogP contribution in [0.3, 0.4) is 0 Å². The lowest BCUT2D eigenvalue weighted by Crippen LogP contribution is -2.48. The maximum Gasteiger partial charge on any atom is 0.281 e. The van der Waals surface area contributed by atoms with E-state index in [-0.39, 0.29) is 17.7 Å². The van der Waals surface area contributed by atoms with Crippen molar-refractivity contribution in [2.24, 2.45) is 0 Å². The zero-order valence-corrected chi connectivity index (χ0v) is 18.7. The summed E-state index contributed by atoms with van der Waals surface area (Å²) >= 11 is 0. The Kier molecular flexibility index (Phi) is 6.26. The van der Waals surface area contributed by atoms with Gasteiger partial charge in [0, 0.05) is 71.1 Å². The van der Waals surface area contributed by atoms with E-state index in [1.165, 1.54) is 0 Å². The highest BCUT2D eigenvalue weighted by Gasteiger charge is 2.35. The SMILES string of the molecule is CNc1cc(C2CC(=O)N(C)C2)nc(C2CCN(S(=O)(=O)N3CCCCC3)CC2)n1. The summed E-state index contributed by atoms with van der Waals surface area (Å²) < 4.78 is 29.2. The van der Waals surface area contributed by atoms with Crippen molar-refractivity contribution in [2.75, 3.05) is 52.1 Å². The minimum atomic E-state index is -3.37. The quantitative estimate of drug-likeness (QED) is 0.749. The molecule has 0 radical (unpaired) electrons. The van der Waals surface area contributed by atoms with Crippen LogP contribution in [0, 0.1) is 0 Å². The molecule has 1 N–H and O–H groups in total. The molecule has 3 saturated heterocycles. The number of nitrogens with one attached hydrogen (secondary N) is 1. The maximum absolute atomic E-state index is 12.9. The van der Waals surface area contributed by atoms with Crippen LogP contribution in [0.1, 0.15) is 61.9 Å². The first-order chi connectivity index (χ1) is 14.4. The van der Waals surface area contributed by atoms with Gasteiger partial charge in [-0.2, -0.15) is 17.0 Å². The van der Waals surface area contributed by atoms with Crippen LogP contribution in [-0.2, 0) is 15.0 Å². The van der Waals surface area contributed by atoms with Gasteiger partial charge in [0.05, 0.1) is 5.69 Å². The van der Waals surface area contributed by atoms with E-state index < -0.39 is 10.2 Å². The van der Waals surface area contributed by atoms with Gasteiger partial charge in [-0.05, 0) is 25.7 Å². The van der Waals surface area contributed by atoms with Crippen molar-refractivity contribution in [3.05, 3.63) is 17.6 Å². The average molecular weight is 437 g/mol. The number of likely N-dealkylation sites (tertiary alicyclic amines) is 1. The van der Waals surface area contributed by atoms with E-state index in [0.29, 0.717) is 52.0 Å². The molecular formula is C20H32N6O3S. The fourth-order valence-corrected chi connectivity index (χ4v) is 6.39. The molecule has 0 saturated carbocycles. The third-order valence-electron chi connectivity index (χ3n) is 6.57. The summed E-state index contributed by atoms with van der Waals surface area (Å²) in [5.41, 5.74) is 0.894. The predicted octanol–water partition coefficient (Wildman–Crippen LogP) is 1.37. The standard InChI is InChI=1S/C20H32N6O3S/c1-21-18-13-17(16-12-19(27)24(2)14-16)22-20(23-18)15-6-10-26(11-7-15)30(28,29)25-8-4-3-5-9-25/h13,15-16H,3-12,14H2,1-2H3,(H,21,22,23). The number of carbonyl (C=O) groups is 1. The van der Waals surface area contributed by atoms with Crippen LogP contribution in [-0.4, -0.2) is 84.6 Å². The second-order valence-corrected chi connectivity index (χ2v) is 10.5. The second-order valence-electron chi connectivity index (χ2n) is 8.60. The van der Waals surface area contributed by atoms with E-state index in [9.17, 15) is 13.2 Å². The minimum Gasteiger partial charge on any atom is -0.373 e. The summed E-state index contributed by atoms with van der Waals surface area (Å²) in [4.78, 5) is 23.2. The number of rotatable bonds is 5. The van der Waals surface area contributed by atoms with E-state index in [0.717, 1.165) is 36.6 Å². The van der Waals surface area contributed by atoms with Crippen molar-refractivity contribution >= 4 is 21.9 Å². The van der Waals surface area contributed by atoms with Gasteiger partial charge in [-0.25, -0.2) is 9.97 Å². The average Bonchev–Trinajstić information content (AvgIpc) is 3.12. The van der Waals surface area contributed by atoms with Gasteiger partial charge >= 0.3 is 0 Å². The molecule has 3 aliphatic heterocycles. The lowest BCUT2D eigenvalue weighted by molar-refractivity contribution is -0.126. The number of likely N-dealkylation sites (N-methyl/N-ethyl adjacent to an activating group) is 1. The number of hydrogen-bond acceptors (Lipinski definition) is 6. The van der Waals surface area contributed by atoms with Gasteiger partial charge in [-0.3, -0.25) is 4.79 Å². The third-order valence-corrected chi connectivity index (χ3v) is 8.60. The third kappa shape index (κ3) is 4.31. The zero-order chi connectivity index (χ0) is 21.3. The Hall–Kier alpha value is -1.78. The lowest BCUT2D eigenvalue weighted by Gasteiger charge is -2.36. The predicted molar refractivity (Wildman–Crippen MR) is 114 cm³/mol. The molecule has 1 aromatic rings. The van der Waals surface area contributed by atoms with Crippen LogP contribution in [0.15, 0.2) is 6.07 Å². The molecule has 1 unspecified atom stereocenters. The second kappa shape index (κ2) is 8.76. The molecule has 30 heavy (non-hydrogen) atoms. The van der Waals surface area contributed by atoms with Gasteiger partial charge in [-0.15, -0.1) is 0 Å². The highest BCUT2D eigenvalue weighted by atomic mass is 32.2. The number of amides is 1. The zero-order valence-electron chi connectivity index (χ0n) is 17.9. The Balaban J connectivity index is 1.46. The Labute approximate surface area is 179 Å². The topological polar surface area (TPSA) is 98.7 Å². The van der Waals surface area contributed by atoms with E-state index in [4.69, 9.17) is 4.98 Å². The normalized spacial score (nSPS) is 25.1.